The van der Waals surface area contributed by atoms with Gasteiger partial charge in [-0.3, -0.25) is 10.2 Å². The largest absolute Gasteiger partial charge is 0.458 e. The lowest BCUT2D eigenvalue weighted by Crippen LogP contribution is -2.44. The van der Waals surface area contributed by atoms with E-state index in [1.165, 1.54) is 12.5 Å². The van der Waals surface area contributed by atoms with Crippen LogP contribution in [-0.2, 0) is 11.2 Å². The zero-order valence-corrected chi connectivity index (χ0v) is 13.6. The Morgan fingerprint density at radius 2 is 1.83 bits per heavy atom. The molecule has 1 aliphatic rings. The van der Waals surface area contributed by atoms with Gasteiger partial charge in [-0.2, -0.15) is 0 Å². The molecule has 7 nitrogen and oxygen atoms in total. The predicted molar refractivity (Wildman–Crippen MR) is 83.1 cm³/mol. The number of amides is 2. The highest BCUT2D eigenvalue weighted by Crippen LogP contribution is 2.36. The second kappa shape index (κ2) is 6.60. The van der Waals surface area contributed by atoms with E-state index in [1.54, 1.807) is 32.9 Å². The fourth-order valence-corrected chi connectivity index (χ4v) is 2.07. The normalized spacial score (nSPS) is 12.5. The number of rotatable bonds is 2. The molecule has 0 fully saturated rings. The van der Waals surface area contributed by atoms with Gasteiger partial charge in [0.15, 0.2) is 11.5 Å². The van der Waals surface area contributed by atoms with E-state index in [-0.39, 0.29) is 0 Å². The number of ether oxygens (including phenoxy) is 3. The van der Waals surface area contributed by atoms with E-state index in [0.29, 0.717) is 29.0 Å². The summed E-state index contributed by atoms with van der Waals surface area (Å²) in [5, 5.41) is 0. The van der Waals surface area contributed by atoms with Crippen LogP contribution in [0.4, 0.5) is 4.79 Å². The van der Waals surface area contributed by atoms with E-state index in [0.717, 1.165) is 0 Å². The molecule has 2 N–H and O–H groups in total. The maximum Gasteiger partial charge on any atom is 0.426 e. The van der Waals surface area contributed by atoms with Gasteiger partial charge in [-0.05, 0) is 39.3 Å². The van der Waals surface area contributed by atoms with E-state index in [2.05, 4.69) is 10.9 Å². The van der Waals surface area contributed by atoms with Gasteiger partial charge < -0.3 is 14.2 Å². The van der Waals surface area contributed by atoms with Gasteiger partial charge in [-0.25, -0.2) is 10.2 Å². The molecule has 2 rings (SSSR count). The van der Waals surface area contributed by atoms with E-state index >= 15 is 0 Å². The lowest BCUT2D eigenvalue weighted by molar-refractivity contribution is 0.0483. The minimum Gasteiger partial charge on any atom is -0.458 e. The fourth-order valence-electron chi connectivity index (χ4n) is 2.07. The Labute approximate surface area is 134 Å². The third-order valence-corrected chi connectivity index (χ3v) is 2.94. The molecule has 0 spiro atoms. The van der Waals surface area contributed by atoms with E-state index in [9.17, 15) is 9.59 Å². The molecule has 0 aliphatic carbocycles. The van der Waals surface area contributed by atoms with Crippen LogP contribution in [0.1, 0.15) is 43.6 Å². The third-order valence-electron chi connectivity index (χ3n) is 2.94. The van der Waals surface area contributed by atoms with Gasteiger partial charge in [0.05, 0.1) is 0 Å². The molecule has 0 aromatic heterocycles. The van der Waals surface area contributed by atoms with Gasteiger partial charge in [0.1, 0.15) is 18.1 Å². The van der Waals surface area contributed by atoms with Crippen molar-refractivity contribution >= 4 is 12.0 Å². The van der Waals surface area contributed by atoms with Gasteiger partial charge in [0.25, 0.3) is 5.91 Å². The first-order valence-electron chi connectivity index (χ1n) is 7.25. The van der Waals surface area contributed by atoms with Crippen LogP contribution in [0.25, 0.3) is 0 Å². The molecule has 23 heavy (non-hydrogen) atoms. The molecule has 1 aliphatic heterocycles. The highest BCUT2D eigenvalue weighted by molar-refractivity contribution is 5.97. The summed E-state index contributed by atoms with van der Waals surface area (Å²) in [7, 11) is 0. The second-order valence-corrected chi connectivity index (χ2v) is 5.86. The first-order valence-corrected chi connectivity index (χ1v) is 7.25. The van der Waals surface area contributed by atoms with E-state index < -0.39 is 17.6 Å². The maximum atomic E-state index is 12.3. The monoisotopic (exact) mass is 320 g/mol. The molecule has 0 saturated carbocycles. The van der Waals surface area contributed by atoms with Crippen molar-refractivity contribution in [1.29, 1.82) is 0 Å². The number of nitrogens with one attached hydrogen (secondary N) is 2. The van der Waals surface area contributed by atoms with Gasteiger partial charge in [-0.15, -0.1) is 0 Å². The quantitative estimate of drug-likeness (QED) is 0.818. The number of hydrazine groups is 1. The summed E-state index contributed by atoms with van der Waals surface area (Å²) < 4.78 is 15.8. The molecule has 2 amide bonds. The van der Waals surface area contributed by atoms with E-state index in [1.807, 2.05) is 6.92 Å². The van der Waals surface area contributed by atoms with Crippen molar-refractivity contribution in [3.63, 3.8) is 0 Å². The molecule has 0 atom stereocenters. The van der Waals surface area contributed by atoms with Gasteiger partial charge >= 0.3 is 6.09 Å². The number of carbonyl (C=O) groups is 2. The number of benzene rings is 1. The van der Waals surface area contributed by atoms with Crippen LogP contribution in [-0.4, -0.2) is 17.6 Å². The summed E-state index contributed by atoms with van der Waals surface area (Å²) in [6, 6.07) is 3.26. The van der Waals surface area contributed by atoms with Crippen molar-refractivity contribution in [3.8, 4) is 11.5 Å². The van der Waals surface area contributed by atoms with Gasteiger partial charge in [0.2, 0.25) is 0 Å². The summed E-state index contributed by atoms with van der Waals surface area (Å²) in [6.07, 6.45) is 2.66. The SMILES string of the molecule is CCc1c(C(=O)NNC(=O)OC(C)(C)C)ccc2c1OC=CO2. The smallest absolute Gasteiger partial charge is 0.426 e. The Morgan fingerprint density at radius 3 is 2.48 bits per heavy atom. The first-order chi connectivity index (χ1) is 10.8. The highest BCUT2D eigenvalue weighted by atomic mass is 16.6. The van der Waals surface area contributed by atoms with Crippen LogP contribution in [0.3, 0.4) is 0 Å². The van der Waals surface area contributed by atoms with Crippen LogP contribution in [0.5, 0.6) is 11.5 Å². The van der Waals surface area contributed by atoms with Crippen molar-refractivity contribution in [2.75, 3.05) is 0 Å². The molecule has 0 unspecified atom stereocenters. The fraction of sp³-hybridized carbons (Fsp3) is 0.375. The number of hydrogen-bond donors (Lipinski definition) is 2. The molecule has 124 valence electrons. The zero-order chi connectivity index (χ0) is 17.0. The number of hydrogen-bond acceptors (Lipinski definition) is 5. The lowest BCUT2D eigenvalue weighted by atomic mass is 10.0. The molecule has 0 saturated heterocycles. The Balaban J connectivity index is 2.10. The average Bonchev–Trinajstić information content (AvgIpc) is 2.49. The summed E-state index contributed by atoms with van der Waals surface area (Å²) in [4.78, 5) is 23.9. The summed E-state index contributed by atoms with van der Waals surface area (Å²) >= 11 is 0. The lowest BCUT2D eigenvalue weighted by Gasteiger charge is -2.20. The van der Waals surface area contributed by atoms with Crippen molar-refractivity contribution in [2.24, 2.45) is 0 Å². The summed E-state index contributed by atoms with van der Waals surface area (Å²) in [5.74, 6) is 0.578. The Morgan fingerprint density at radius 1 is 1.13 bits per heavy atom. The summed E-state index contributed by atoms with van der Waals surface area (Å²) in [6.45, 7) is 7.10. The standard InChI is InChI=1S/C16H20N2O5/c1-5-10-11(6-7-12-13(10)22-9-8-21-12)14(19)17-18-15(20)23-16(2,3)4/h6-9H,5H2,1-4H3,(H,17,19)(H,18,20). The number of carbonyl (C=O) groups excluding carboxylic acids is 2. The predicted octanol–water partition coefficient (Wildman–Crippen LogP) is 2.66. The molecule has 1 aromatic rings. The summed E-state index contributed by atoms with van der Waals surface area (Å²) in [5.41, 5.74) is 4.98. The van der Waals surface area contributed by atoms with E-state index in [4.69, 9.17) is 14.2 Å². The highest BCUT2D eigenvalue weighted by Gasteiger charge is 2.21. The Hall–Kier alpha value is -2.70. The van der Waals surface area contributed by atoms with Gasteiger partial charge in [-0.1, -0.05) is 6.92 Å². The van der Waals surface area contributed by atoms with Crippen LogP contribution in [0.15, 0.2) is 24.7 Å². The van der Waals surface area contributed by atoms with Crippen LogP contribution in [0, 0.1) is 0 Å². The number of fused-ring (bicyclic) bond motifs is 1. The third kappa shape index (κ3) is 4.15. The average molecular weight is 320 g/mol. The minimum absolute atomic E-state index is 0.390. The molecule has 1 heterocycles. The second-order valence-electron chi connectivity index (χ2n) is 5.86. The molecular formula is C16H20N2O5. The van der Waals surface area contributed by atoms with Crippen molar-refractivity contribution in [3.05, 3.63) is 35.8 Å². The first kappa shape index (κ1) is 16.7. The maximum absolute atomic E-state index is 12.3. The van der Waals surface area contributed by atoms with Gasteiger partial charge in [0, 0.05) is 11.1 Å². The van der Waals surface area contributed by atoms with Crippen LogP contribution >= 0.6 is 0 Å². The Bertz CT molecular complexity index is 647. The topological polar surface area (TPSA) is 85.9 Å². The van der Waals surface area contributed by atoms with Crippen LogP contribution < -0.4 is 20.3 Å². The zero-order valence-electron chi connectivity index (χ0n) is 13.6. The minimum atomic E-state index is -0.732. The van der Waals surface area contributed by atoms with Crippen LogP contribution in [0.2, 0.25) is 0 Å². The van der Waals surface area contributed by atoms with Crippen molar-refractivity contribution in [2.45, 2.75) is 39.7 Å². The van der Waals surface area contributed by atoms with Crippen molar-refractivity contribution < 1.29 is 23.8 Å². The molecule has 7 heteroatoms. The van der Waals surface area contributed by atoms with Crippen molar-refractivity contribution in [1.82, 2.24) is 10.9 Å². The molecular weight excluding hydrogens is 300 g/mol. The molecule has 1 aromatic carbocycles. The molecule has 0 radical (unpaired) electrons. The Kier molecular flexibility index (Phi) is 4.78. The molecule has 0 bridgehead atoms.